The van der Waals surface area contributed by atoms with Gasteiger partial charge in [0.05, 0.1) is 11.1 Å². The second-order valence-corrected chi connectivity index (χ2v) is 4.02. The maximum Gasteiger partial charge on any atom is 2.00 e. The molecule has 0 bridgehead atoms. The molecular formula is C15H15ClO8Zn. The van der Waals surface area contributed by atoms with E-state index in [-0.39, 0.29) is 56.2 Å². The Hall–Kier alpha value is -2.51. The van der Waals surface area contributed by atoms with E-state index >= 15 is 0 Å². The predicted molar refractivity (Wildman–Crippen MR) is 79.9 cm³/mol. The van der Waals surface area contributed by atoms with Gasteiger partial charge in [-0.1, -0.05) is 0 Å². The molecule has 0 aliphatic heterocycles. The molecule has 0 unspecified atom stereocenters. The van der Waals surface area contributed by atoms with Gasteiger partial charge in [-0.3, -0.25) is 0 Å². The molecule has 10 heteroatoms. The fourth-order valence-corrected chi connectivity index (χ4v) is 1.33. The van der Waals surface area contributed by atoms with Crippen molar-refractivity contribution < 1.29 is 72.1 Å². The quantitative estimate of drug-likeness (QED) is 0.205. The van der Waals surface area contributed by atoms with Crippen LogP contribution in [0.25, 0.3) is 0 Å². The summed E-state index contributed by atoms with van der Waals surface area (Å²) in [6, 6.07) is 7.05. The Morgan fingerprint density at radius 3 is 1.40 bits per heavy atom. The van der Waals surface area contributed by atoms with Crippen LogP contribution in [0, 0.1) is 7.43 Å². The normalized spacial score (nSPS) is 8.32. The summed E-state index contributed by atoms with van der Waals surface area (Å²) >= 11 is 0. The zero-order valence-corrected chi connectivity index (χ0v) is 16.8. The van der Waals surface area contributed by atoms with Gasteiger partial charge in [0.2, 0.25) is 0 Å². The summed E-state index contributed by atoms with van der Waals surface area (Å²) in [5.74, 6) is -4.24. The molecule has 0 aliphatic rings. The SMILES string of the molecule is O=C(O)c1cc(O)c(O)c(O)c1.O=C(O)c1ccc(O)cc1.[CH3-].[Cl-].[Zn+2]. The number of benzene rings is 2. The second kappa shape index (κ2) is 11.9. The molecule has 2 aromatic rings. The summed E-state index contributed by atoms with van der Waals surface area (Å²) in [5.41, 5.74) is -0.111. The van der Waals surface area contributed by atoms with Crippen LogP contribution in [-0.4, -0.2) is 42.6 Å². The number of carbonyl (C=O) groups is 2. The fraction of sp³-hybridized carbons (Fsp3) is 0. The average Bonchev–Trinajstić information content (AvgIpc) is 2.45. The molecule has 0 atom stereocenters. The van der Waals surface area contributed by atoms with Crippen LogP contribution in [0.5, 0.6) is 23.0 Å². The largest absolute Gasteiger partial charge is 2.00 e. The van der Waals surface area contributed by atoms with Gasteiger partial charge in [-0.15, -0.1) is 0 Å². The molecule has 0 radical (unpaired) electrons. The number of hydrogen-bond donors (Lipinski definition) is 6. The molecule has 6 N–H and O–H groups in total. The van der Waals surface area contributed by atoms with Crippen LogP contribution in [0.3, 0.4) is 0 Å². The molecule has 25 heavy (non-hydrogen) atoms. The minimum Gasteiger partial charge on any atom is -1.00 e. The Morgan fingerprint density at radius 1 is 0.720 bits per heavy atom. The van der Waals surface area contributed by atoms with Crippen LogP contribution in [-0.2, 0) is 19.5 Å². The predicted octanol–water partition coefficient (Wildman–Crippen LogP) is -0.956. The van der Waals surface area contributed by atoms with E-state index in [0.717, 1.165) is 12.1 Å². The molecule has 8 nitrogen and oxygen atoms in total. The van der Waals surface area contributed by atoms with Crippen molar-refractivity contribution in [2.24, 2.45) is 0 Å². The summed E-state index contributed by atoms with van der Waals surface area (Å²) in [4.78, 5) is 20.5. The van der Waals surface area contributed by atoms with Crippen molar-refractivity contribution in [2.75, 3.05) is 0 Å². The number of halogens is 1. The van der Waals surface area contributed by atoms with Crippen molar-refractivity contribution in [1.82, 2.24) is 0 Å². The van der Waals surface area contributed by atoms with Crippen LogP contribution in [0.2, 0.25) is 0 Å². The van der Waals surface area contributed by atoms with E-state index in [1.54, 1.807) is 0 Å². The molecule has 0 aliphatic carbocycles. The van der Waals surface area contributed by atoms with Crippen LogP contribution in [0.4, 0.5) is 0 Å². The molecule has 2 aromatic carbocycles. The maximum atomic E-state index is 10.3. The monoisotopic (exact) mass is 422 g/mol. The van der Waals surface area contributed by atoms with Crippen molar-refractivity contribution >= 4 is 11.9 Å². The number of hydrogen-bond acceptors (Lipinski definition) is 6. The first kappa shape index (κ1) is 27.3. The second-order valence-electron chi connectivity index (χ2n) is 4.02. The number of phenolic OH excluding ortho intramolecular Hbond substituents is 4. The number of rotatable bonds is 2. The number of carboxylic acid groups (broad SMARTS) is 2. The van der Waals surface area contributed by atoms with E-state index < -0.39 is 29.2 Å². The first-order valence-corrected chi connectivity index (χ1v) is 5.73. The first-order chi connectivity index (χ1) is 10.2. The van der Waals surface area contributed by atoms with E-state index in [9.17, 15) is 9.59 Å². The molecule has 0 amide bonds. The Morgan fingerprint density at radius 2 is 1.08 bits per heavy atom. The molecule has 0 saturated heterocycles. The first-order valence-electron chi connectivity index (χ1n) is 5.73. The molecule has 0 fully saturated rings. The topological polar surface area (TPSA) is 156 Å². The zero-order valence-electron chi connectivity index (χ0n) is 13.0. The smallest absolute Gasteiger partial charge is 1.00 e. The number of phenols is 4. The molecule has 0 aromatic heterocycles. The fourth-order valence-electron chi connectivity index (χ4n) is 1.33. The van der Waals surface area contributed by atoms with Crippen LogP contribution in [0.15, 0.2) is 36.4 Å². The maximum absolute atomic E-state index is 10.3. The summed E-state index contributed by atoms with van der Waals surface area (Å²) in [6.45, 7) is 0. The summed E-state index contributed by atoms with van der Waals surface area (Å²) in [5, 5.41) is 52.1. The molecule has 0 heterocycles. The van der Waals surface area contributed by atoms with Crippen LogP contribution in [0.1, 0.15) is 20.7 Å². The number of aromatic carboxylic acids is 2. The number of carboxylic acids is 2. The third-order valence-electron chi connectivity index (χ3n) is 2.43. The minimum atomic E-state index is -1.29. The minimum absolute atomic E-state index is 0. The van der Waals surface area contributed by atoms with E-state index in [4.69, 9.17) is 30.6 Å². The van der Waals surface area contributed by atoms with Gasteiger partial charge in [-0.2, -0.15) is 0 Å². The van der Waals surface area contributed by atoms with Gasteiger partial charge in [0.1, 0.15) is 5.75 Å². The van der Waals surface area contributed by atoms with E-state index in [2.05, 4.69) is 0 Å². The molecule has 0 spiro atoms. The summed E-state index contributed by atoms with van der Waals surface area (Å²) in [6.07, 6.45) is 0. The Balaban J connectivity index is -0.000000350. The van der Waals surface area contributed by atoms with Gasteiger partial charge < -0.3 is 50.5 Å². The van der Waals surface area contributed by atoms with Crippen molar-refractivity contribution in [1.29, 1.82) is 0 Å². The van der Waals surface area contributed by atoms with E-state index in [0.29, 0.717) is 0 Å². The Kier molecular flexibility index (Phi) is 13.1. The summed E-state index contributed by atoms with van der Waals surface area (Å²) < 4.78 is 0. The third-order valence-corrected chi connectivity index (χ3v) is 2.43. The van der Waals surface area contributed by atoms with Gasteiger partial charge in [-0.25, -0.2) is 9.59 Å². The zero-order chi connectivity index (χ0) is 16.9. The number of aromatic hydroxyl groups is 4. The van der Waals surface area contributed by atoms with Crippen molar-refractivity contribution in [3.63, 3.8) is 0 Å². The van der Waals surface area contributed by atoms with Crippen LogP contribution < -0.4 is 12.4 Å². The Labute approximate surface area is 162 Å². The van der Waals surface area contributed by atoms with Crippen molar-refractivity contribution in [3.05, 3.63) is 55.0 Å². The van der Waals surface area contributed by atoms with Crippen molar-refractivity contribution in [3.8, 4) is 23.0 Å². The molecule has 132 valence electrons. The van der Waals surface area contributed by atoms with Gasteiger partial charge >= 0.3 is 31.4 Å². The van der Waals surface area contributed by atoms with Crippen LogP contribution >= 0.6 is 0 Å². The Bertz CT molecular complexity index is 680. The summed E-state index contributed by atoms with van der Waals surface area (Å²) in [7, 11) is 0. The average molecular weight is 424 g/mol. The van der Waals surface area contributed by atoms with Gasteiger partial charge in [-0.05, 0) is 36.4 Å². The molecular weight excluding hydrogens is 409 g/mol. The van der Waals surface area contributed by atoms with E-state index in [1.165, 1.54) is 24.3 Å². The van der Waals surface area contributed by atoms with E-state index in [1.807, 2.05) is 0 Å². The molecule has 0 saturated carbocycles. The third kappa shape index (κ3) is 8.23. The van der Waals surface area contributed by atoms with Gasteiger partial charge in [0.15, 0.2) is 17.2 Å². The standard InChI is InChI=1S/C7H6O5.C7H6O3.CH3.ClH.Zn/c8-4-1-3(7(11)12)2-5(9)6(4)10;8-6-3-1-5(2-4-6)7(9)10;;;/h1-2,8-10H,(H,11,12);1-4,8H,(H,9,10);1H3;1H;/q;;-1;;+2/p-1. The van der Waals surface area contributed by atoms with Gasteiger partial charge in [0.25, 0.3) is 0 Å². The van der Waals surface area contributed by atoms with Crippen molar-refractivity contribution in [2.45, 2.75) is 0 Å². The van der Waals surface area contributed by atoms with Gasteiger partial charge in [0, 0.05) is 0 Å². The molecule has 2 rings (SSSR count).